The second kappa shape index (κ2) is 23.2. The summed E-state index contributed by atoms with van der Waals surface area (Å²) < 4.78 is 107. The van der Waals surface area contributed by atoms with Gasteiger partial charge in [0.1, 0.15) is 49.0 Å². The van der Waals surface area contributed by atoms with Gasteiger partial charge in [-0.1, -0.05) is 4.98 Å². The maximum absolute atomic E-state index is 13.3. The number of rotatable bonds is 27. The summed E-state index contributed by atoms with van der Waals surface area (Å²) in [5.41, 5.74) is 15.5. The molecule has 1 aliphatic heterocycles. The van der Waals surface area contributed by atoms with E-state index in [2.05, 4.69) is 53.0 Å². The van der Waals surface area contributed by atoms with Crippen molar-refractivity contribution in [3.8, 4) is 0 Å². The van der Waals surface area contributed by atoms with Gasteiger partial charge in [-0.25, -0.2) is 42.8 Å². The van der Waals surface area contributed by atoms with Crippen LogP contribution < -0.4 is 32.9 Å². The highest BCUT2D eigenvalue weighted by Crippen LogP contribution is 2.67. The third-order valence-corrected chi connectivity index (χ3v) is 15.5. The topological polar surface area (TPSA) is 562 Å². The largest absolute Gasteiger partial charge is 0.490 e. The van der Waals surface area contributed by atoms with Crippen LogP contribution >= 0.6 is 31.3 Å². The summed E-state index contributed by atoms with van der Waals surface area (Å²) in [5.74, 6) is -0.684. The predicted molar refractivity (Wildman–Crippen MR) is 243 cm³/mol. The number of aryl methyl sites for hydroxylation is 1. The maximum Gasteiger partial charge on any atom is 0.490 e. The molecule has 0 bridgehead atoms. The molecule has 12 atom stereocenters. The Hall–Kier alpha value is -5.15. The fourth-order valence-corrected chi connectivity index (χ4v) is 11.4. The Labute approximate surface area is 416 Å². The van der Waals surface area contributed by atoms with Crippen LogP contribution in [0.4, 0.5) is 17.7 Å². The van der Waals surface area contributed by atoms with Crippen LogP contribution in [0.15, 0.2) is 34.9 Å². The number of nitrogens with one attached hydrogen (secondary N) is 2. The Morgan fingerprint density at radius 1 is 0.747 bits per heavy atom. The van der Waals surface area contributed by atoms with E-state index in [9.17, 15) is 67.8 Å². The fourth-order valence-electron chi connectivity index (χ4n) is 7.08. The number of imidazole rings is 3. The Morgan fingerprint density at radius 3 is 2.03 bits per heavy atom. The van der Waals surface area contributed by atoms with Crippen molar-refractivity contribution >= 4 is 82.5 Å². The fraction of sp³-hybridized carbons (Fsp3) is 0.531. The number of aliphatic hydroxyl groups excluding tert-OH is 4. The number of ether oxygens (including phenoxy) is 4. The van der Waals surface area contributed by atoms with Gasteiger partial charge in [-0.3, -0.25) is 51.4 Å². The van der Waals surface area contributed by atoms with Crippen molar-refractivity contribution < 1.29 is 108 Å². The molecule has 414 valence electrons. The summed E-state index contributed by atoms with van der Waals surface area (Å²) >= 11 is 0. The van der Waals surface area contributed by atoms with Crippen LogP contribution in [0, 0.1) is 0 Å². The van der Waals surface area contributed by atoms with Crippen LogP contribution in [0.1, 0.15) is 18.7 Å². The molecule has 0 aromatic carbocycles. The summed E-state index contributed by atoms with van der Waals surface area (Å²) in [4.78, 5) is 95.0. The quantitative estimate of drug-likeness (QED) is 0.0172. The summed E-state index contributed by atoms with van der Waals surface area (Å²) in [6.07, 6.45) is -8.33. The summed E-state index contributed by atoms with van der Waals surface area (Å²) in [7, 11) is -20.6. The molecule has 7 heterocycles. The van der Waals surface area contributed by atoms with Crippen molar-refractivity contribution in [2.45, 2.75) is 49.2 Å². The molecule has 6 aromatic heterocycles. The van der Waals surface area contributed by atoms with Crippen molar-refractivity contribution in [1.29, 1.82) is 0 Å². The third-order valence-electron chi connectivity index (χ3n) is 10.3. The molecule has 1 fully saturated rings. The lowest BCUT2D eigenvalue weighted by Crippen LogP contribution is -2.46. The van der Waals surface area contributed by atoms with Gasteiger partial charge in [0.05, 0.1) is 59.3 Å². The normalized spacial score (nSPS) is 22.2. The number of phosphoric ester groups is 3. The van der Waals surface area contributed by atoms with E-state index in [1.54, 1.807) is 0 Å². The molecular weight excluding hydrogens is 1100 g/mol. The number of anilines is 3. The van der Waals surface area contributed by atoms with E-state index in [-0.39, 0.29) is 57.8 Å². The average Bonchev–Trinajstić information content (AvgIpc) is 4.10. The van der Waals surface area contributed by atoms with Gasteiger partial charge in [-0.15, -0.1) is 0 Å². The highest BCUT2D eigenvalue weighted by atomic mass is 31.3. The van der Waals surface area contributed by atoms with E-state index in [4.69, 9.17) is 49.7 Å². The number of nitrogens with two attached hydrogens (primary N) is 3. The monoisotopic (exact) mass is 1150 g/mol. The first kappa shape index (κ1) is 57.6. The molecule has 0 spiro atoms. The minimum absolute atomic E-state index is 0.0165. The molecule has 6 aromatic rings. The maximum atomic E-state index is 13.3. The molecule has 5 unspecified atom stereocenters. The number of phosphoric acid groups is 4. The molecule has 7 rings (SSSR count). The zero-order valence-electron chi connectivity index (χ0n) is 38.5. The number of methoxy groups -OCH3 is 1. The van der Waals surface area contributed by atoms with Crippen molar-refractivity contribution in [3.05, 3.63) is 46.0 Å². The Bertz CT molecular complexity index is 3320. The van der Waals surface area contributed by atoms with Gasteiger partial charge in [0, 0.05) is 7.11 Å². The van der Waals surface area contributed by atoms with Gasteiger partial charge >= 0.3 is 36.9 Å². The molecule has 1 aliphatic rings. The summed E-state index contributed by atoms with van der Waals surface area (Å²) in [6, 6.07) is 0. The zero-order chi connectivity index (χ0) is 54.8. The first-order chi connectivity index (χ1) is 35.2. The molecule has 0 amide bonds. The lowest BCUT2D eigenvalue weighted by molar-refractivity contribution is -0.746. The van der Waals surface area contributed by atoms with E-state index >= 15 is 0 Å². The Balaban J connectivity index is 0.999. The van der Waals surface area contributed by atoms with E-state index in [1.807, 2.05) is 0 Å². The number of fused-ring (bicyclic) bond motifs is 3. The van der Waals surface area contributed by atoms with Crippen molar-refractivity contribution in [2.24, 2.45) is 7.05 Å². The zero-order valence-corrected chi connectivity index (χ0v) is 42.1. The number of nitrogen functional groups attached to an aromatic ring is 3. The number of aliphatic hydroxyl groups is 4. The highest BCUT2D eigenvalue weighted by molar-refractivity contribution is 7.66. The van der Waals surface area contributed by atoms with Crippen LogP contribution in [0.25, 0.3) is 33.5 Å². The first-order valence-electron chi connectivity index (χ1n) is 21.0. The SMILES string of the molecule is COC[C@@H](O[C@@H](COP(=O)(O)OC[C@H]1O[C@@H](n2cnc3c(=O)[nH]c(N)nc32)[C@@H](O)C1O)COP(=O)(O)OP(=O)(O)OP(=O)(O)OC[C@H](CO)O[C@H](CO)[n+]1cn(C)c2c(=O)[nH]c(N)nc21)n1cnc2c(N)ncnc21. The molecule has 75 heavy (non-hydrogen) atoms. The number of hydrogen-bond donors (Lipinski definition) is 13. The smallest absolute Gasteiger partial charge is 0.394 e. The van der Waals surface area contributed by atoms with Crippen LogP contribution in [-0.4, -0.2) is 177 Å². The number of H-pyrrole nitrogens is 2. The molecule has 39 nitrogen and oxygen atoms in total. The average molecular weight is 1150 g/mol. The molecule has 16 N–H and O–H groups in total. The number of aromatic amines is 2. The predicted octanol–water partition coefficient (Wildman–Crippen LogP) is -4.21. The van der Waals surface area contributed by atoms with Gasteiger partial charge in [-0.2, -0.15) is 13.6 Å². The van der Waals surface area contributed by atoms with E-state index in [1.165, 1.54) is 35.9 Å². The van der Waals surface area contributed by atoms with Gasteiger partial charge in [0.15, 0.2) is 41.4 Å². The number of aromatic nitrogens is 12. The van der Waals surface area contributed by atoms with E-state index in [0.717, 1.165) is 21.8 Å². The highest BCUT2D eigenvalue weighted by Gasteiger charge is 2.46. The van der Waals surface area contributed by atoms with Gasteiger partial charge in [0.25, 0.3) is 17.1 Å². The Kier molecular flexibility index (Phi) is 17.8. The number of nitrogens with zero attached hydrogens (tertiary/aromatic N) is 10. The number of hydrogen-bond acceptors (Lipinski definition) is 29. The molecule has 0 aliphatic carbocycles. The van der Waals surface area contributed by atoms with Crippen molar-refractivity contribution in [1.82, 2.24) is 53.6 Å². The minimum Gasteiger partial charge on any atom is -0.394 e. The summed E-state index contributed by atoms with van der Waals surface area (Å²) in [5, 5.41) is 41.5. The molecule has 43 heteroatoms. The lowest BCUT2D eigenvalue weighted by Gasteiger charge is -2.27. The molecule has 0 radical (unpaired) electrons. The van der Waals surface area contributed by atoms with Crippen LogP contribution in [-0.2, 0) is 71.0 Å². The second-order valence-corrected chi connectivity index (χ2v) is 21.7. The molecule has 1 saturated heterocycles. The van der Waals surface area contributed by atoms with Crippen LogP contribution in [0.3, 0.4) is 0 Å². The van der Waals surface area contributed by atoms with Gasteiger partial charge in [0.2, 0.25) is 17.7 Å². The third kappa shape index (κ3) is 13.7. The first-order valence-corrected chi connectivity index (χ1v) is 27.0. The van der Waals surface area contributed by atoms with Gasteiger partial charge < -0.3 is 76.1 Å². The standard InChI is InChI=1S/C32H47N15O24P4/c1-44-13-47(27-21(44)29(53)43-32(35)41-27)17(4-49)67-14(3-48)5-64-73(56,57)70-75(60,61)71-74(58,59)65-7-15(68-18(9-62-2)45-11-38-19-24(33)36-10-37-25(19)45)6-63-72(54,55)66-8-16-22(50)23(51)30(69-16)46-12-39-20-26(46)40-31(34)42-28(20)52/h10-18,22-23,30,48-51H,3-9H2,1-2H3,(H11-,33,34,35,36,37,40,41,42,43,52,53,54,55,56,57,58,59,60,61)/p+1/t14-,15-,16+,17+,18+,22?,23-,30+/m0/s1. The lowest BCUT2D eigenvalue weighted by atomic mass is 10.1. The van der Waals surface area contributed by atoms with E-state index in [0.29, 0.717) is 0 Å². The van der Waals surface area contributed by atoms with E-state index < -0.39 is 131 Å². The van der Waals surface area contributed by atoms with Crippen LogP contribution in [0.5, 0.6) is 0 Å². The Morgan fingerprint density at radius 2 is 1.37 bits per heavy atom. The van der Waals surface area contributed by atoms with Crippen molar-refractivity contribution in [3.63, 3.8) is 0 Å². The van der Waals surface area contributed by atoms with Crippen molar-refractivity contribution in [2.75, 3.05) is 70.6 Å². The minimum atomic E-state index is -6.19. The summed E-state index contributed by atoms with van der Waals surface area (Å²) in [6.45, 7) is -6.71. The molecular formula is C32H48N15O24P4+. The molecule has 0 saturated carbocycles. The van der Waals surface area contributed by atoms with Gasteiger partial charge in [-0.05, 0) is 0 Å². The second-order valence-electron chi connectivity index (χ2n) is 15.6. The van der Waals surface area contributed by atoms with Crippen LogP contribution in [0.2, 0.25) is 0 Å².